The van der Waals surface area contributed by atoms with Gasteiger partial charge in [0.25, 0.3) is 0 Å². The molecule has 1 N–H and O–H groups in total. The molecule has 122 valence electrons. The SMILES string of the molecule is C1NCC2CC12.COC1CCN(c2ccc(SC)cc2)CC1. The number of nitrogens with one attached hydrogen (secondary N) is 1. The van der Waals surface area contributed by atoms with E-state index in [1.807, 2.05) is 7.11 Å². The molecule has 2 saturated heterocycles. The third-order valence-electron chi connectivity index (χ3n) is 5.09. The number of piperidine rings is 2. The zero-order valence-electron chi connectivity index (χ0n) is 13.8. The molecule has 0 aromatic heterocycles. The summed E-state index contributed by atoms with van der Waals surface area (Å²) in [6, 6.07) is 8.84. The summed E-state index contributed by atoms with van der Waals surface area (Å²) in [5.41, 5.74) is 1.34. The highest BCUT2D eigenvalue weighted by molar-refractivity contribution is 7.98. The van der Waals surface area contributed by atoms with Crippen molar-refractivity contribution in [1.82, 2.24) is 5.32 Å². The third kappa shape index (κ3) is 4.18. The van der Waals surface area contributed by atoms with E-state index in [9.17, 15) is 0 Å². The minimum Gasteiger partial charge on any atom is -0.381 e. The fraction of sp³-hybridized carbons (Fsp3) is 0.667. The molecule has 2 aliphatic heterocycles. The van der Waals surface area contributed by atoms with E-state index >= 15 is 0 Å². The normalized spacial score (nSPS) is 27.1. The second-order valence-corrected chi connectivity index (χ2v) is 7.41. The molecule has 0 spiro atoms. The Bertz CT molecular complexity index is 449. The van der Waals surface area contributed by atoms with Gasteiger partial charge in [-0.15, -0.1) is 11.8 Å². The molecule has 1 saturated carbocycles. The minimum atomic E-state index is 0.460. The van der Waals surface area contributed by atoms with Gasteiger partial charge in [-0.3, -0.25) is 0 Å². The molecule has 3 fully saturated rings. The monoisotopic (exact) mass is 320 g/mol. The lowest BCUT2D eigenvalue weighted by molar-refractivity contribution is 0.0819. The van der Waals surface area contributed by atoms with Crippen LogP contribution in [-0.4, -0.2) is 45.6 Å². The van der Waals surface area contributed by atoms with Crippen molar-refractivity contribution < 1.29 is 4.74 Å². The van der Waals surface area contributed by atoms with Crippen LogP contribution in [0.5, 0.6) is 0 Å². The molecule has 3 aliphatic rings. The van der Waals surface area contributed by atoms with E-state index in [0.717, 1.165) is 37.8 Å². The molecular formula is C18H28N2OS. The Morgan fingerprint density at radius 2 is 1.73 bits per heavy atom. The van der Waals surface area contributed by atoms with Crippen molar-refractivity contribution in [2.24, 2.45) is 11.8 Å². The van der Waals surface area contributed by atoms with Crippen LogP contribution in [0.1, 0.15) is 19.3 Å². The molecule has 3 nitrogen and oxygen atoms in total. The average molecular weight is 321 g/mol. The second kappa shape index (κ2) is 7.71. The van der Waals surface area contributed by atoms with Gasteiger partial charge in [-0.1, -0.05) is 0 Å². The molecule has 0 radical (unpaired) electrons. The summed E-state index contributed by atoms with van der Waals surface area (Å²) >= 11 is 1.79. The lowest BCUT2D eigenvalue weighted by Gasteiger charge is -2.33. The molecule has 2 unspecified atom stereocenters. The number of thioether (sulfide) groups is 1. The number of rotatable bonds is 3. The summed E-state index contributed by atoms with van der Waals surface area (Å²) in [6.45, 7) is 4.84. The number of fused-ring (bicyclic) bond motifs is 1. The average Bonchev–Trinajstić information content (AvgIpc) is 3.21. The van der Waals surface area contributed by atoms with Crippen molar-refractivity contribution in [3.8, 4) is 0 Å². The topological polar surface area (TPSA) is 24.5 Å². The lowest BCUT2D eigenvalue weighted by Crippen LogP contribution is -2.36. The maximum Gasteiger partial charge on any atom is 0.0605 e. The number of hydrogen-bond acceptors (Lipinski definition) is 4. The van der Waals surface area contributed by atoms with E-state index in [0.29, 0.717) is 6.10 Å². The van der Waals surface area contributed by atoms with Crippen molar-refractivity contribution in [3.05, 3.63) is 24.3 Å². The van der Waals surface area contributed by atoms with E-state index in [4.69, 9.17) is 4.74 Å². The van der Waals surface area contributed by atoms with Crippen molar-refractivity contribution in [1.29, 1.82) is 0 Å². The van der Waals surface area contributed by atoms with Gasteiger partial charge in [-0.25, -0.2) is 0 Å². The first kappa shape index (κ1) is 16.2. The van der Waals surface area contributed by atoms with Crippen LogP contribution >= 0.6 is 11.8 Å². The summed E-state index contributed by atoms with van der Waals surface area (Å²) in [4.78, 5) is 3.77. The predicted octanol–water partition coefficient (Wildman–Crippen LogP) is 3.25. The highest BCUT2D eigenvalue weighted by Crippen LogP contribution is 2.40. The molecule has 4 rings (SSSR count). The highest BCUT2D eigenvalue weighted by atomic mass is 32.2. The maximum absolute atomic E-state index is 5.38. The Balaban J connectivity index is 0.000000196. The number of nitrogens with zero attached hydrogens (tertiary/aromatic N) is 1. The highest BCUT2D eigenvalue weighted by Gasteiger charge is 2.40. The Hall–Kier alpha value is -0.710. The third-order valence-corrected chi connectivity index (χ3v) is 5.84. The summed E-state index contributed by atoms with van der Waals surface area (Å²) in [7, 11) is 1.81. The summed E-state index contributed by atoms with van der Waals surface area (Å²) in [5.74, 6) is 2.20. The molecule has 2 heterocycles. The number of benzene rings is 1. The van der Waals surface area contributed by atoms with E-state index in [-0.39, 0.29) is 0 Å². The number of ether oxygens (including phenoxy) is 1. The van der Waals surface area contributed by atoms with Crippen LogP contribution in [0.2, 0.25) is 0 Å². The Kier molecular flexibility index (Phi) is 5.66. The van der Waals surface area contributed by atoms with E-state index in [1.54, 1.807) is 11.8 Å². The molecular weight excluding hydrogens is 292 g/mol. The minimum absolute atomic E-state index is 0.460. The Morgan fingerprint density at radius 3 is 2.14 bits per heavy atom. The zero-order chi connectivity index (χ0) is 15.4. The van der Waals surface area contributed by atoms with E-state index < -0.39 is 0 Å². The van der Waals surface area contributed by atoms with Crippen molar-refractivity contribution in [3.63, 3.8) is 0 Å². The molecule has 1 aliphatic carbocycles. The van der Waals surface area contributed by atoms with Crippen LogP contribution in [0.25, 0.3) is 0 Å². The molecule has 22 heavy (non-hydrogen) atoms. The number of methoxy groups -OCH3 is 1. The van der Waals surface area contributed by atoms with Gasteiger partial charge in [0, 0.05) is 30.8 Å². The zero-order valence-corrected chi connectivity index (χ0v) is 14.6. The van der Waals surface area contributed by atoms with Crippen molar-refractivity contribution in [2.45, 2.75) is 30.3 Å². The van der Waals surface area contributed by atoms with Crippen molar-refractivity contribution >= 4 is 17.4 Å². The molecule has 1 aromatic carbocycles. The van der Waals surface area contributed by atoms with Gasteiger partial charge >= 0.3 is 0 Å². The fourth-order valence-corrected chi connectivity index (χ4v) is 3.82. The fourth-order valence-electron chi connectivity index (χ4n) is 3.41. The molecule has 0 bridgehead atoms. The summed E-state index contributed by atoms with van der Waals surface area (Å²) < 4.78 is 5.38. The molecule has 2 atom stereocenters. The second-order valence-electron chi connectivity index (χ2n) is 6.53. The summed E-state index contributed by atoms with van der Waals surface area (Å²) in [5, 5.41) is 3.32. The van der Waals surface area contributed by atoms with Crippen LogP contribution in [0.4, 0.5) is 5.69 Å². The quantitative estimate of drug-likeness (QED) is 0.864. The van der Waals surface area contributed by atoms with Crippen LogP contribution in [0.15, 0.2) is 29.2 Å². The van der Waals surface area contributed by atoms with Crippen LogP contribution in [0.3, 0.4) is 0 Å². The molecule has 1 aromatic rings. The first-order chi connectivity index (χ1) is 10.8. The Labute approximate surface area is 138 Å². The molecule has 0 amide bonds. The largest absolute Gasteiger partial charge is 0.381 e. The first-order valence-corrected chi connectivity index (χ1v) is 9.65. The van der Waals surface area contributed by atoms with Gasteiger partial charge in [-0.05, 0) is 74.7 Å². The van der Waals surface area contributed by atoms with E-state index in [2.05, 4.69) is 40.7 Å². The van der Waals surface area contributed by atoms with E-state index in [1.165, 1.54) is 30.1 Å². The van der Waals surface area contributed by atoms with Gasteiger partial charge in [0.2, 0.25) is 0 Å². The van der Waals surface area contributed by atoms with Crippen LogP contribution in [0, 0.1) is 11.8 Å². The first-order valence-electron chi connectivity index (χ1n) is 8.42. The van der Waals surface area contributed by atoms with Gasteiger partial charge in [0.15, 0.2) is 0 Å². The predicted molar refractivity (Wildman–Crippen MR) is 94.9 cm³/mol. The smallest absolute Gasteiger partial charge is 0.0605 e. The van der Waals surface area contributed by atoms with Crippen LogP contribution < -0.4 is 10.2 Å². The Morgan fingerprint density at radius 1 is 1.09 bits per heavy atom. The van der Waals surface area contributed by atoms with Gasteiger partial charge < -0.3 is 15.0 Å². The maximum atomic E-state index is 5.38. The summed E-state index contributed by atoms with van der Waals surface area (Å²) in [6.07, 6.45) is 6.37. The lowest BCUT2D eigenvalue weighted by atomic mass is 10.1. The van der Waals surface area contributed by atoms with Gasteiger partial charge in [-0.2, -0.15) is 0 Å². The standard InChI is InChI=1S/C13H19NOS.C5H9N/c1-15-12-7-9-14(10-8-12)11-3-5-13(16-2)6-4-11;1-4-2-6-3-5(1)4/h3-6,12H,7-10H2,1-2H3;4-6H,1-3H2. The van der Waals surface area contributed by atoms with Crippen LogP contribution in [-0.2, 0) is 4.74 Å². The van der Waals surface area contributed by atoms with Gasteiger partial charge in [0.1, 0.15) is 0 Å². The van der Waals surface area contributed by atoms with Gasteiger partial charge in [0.05, 0.1) is 6.10 Å². The molecule has 4 heteroatoms. The number of hydrogen-bond donors (Lipinski definition) is 1. The number of anilines is 1. The van der Waals surface area contributed by atoms with Crippen molar-refractivity contribution in [2.75, 3.05) is 44.4 Å².